The van der Waals surface area contributed by atoms with Crippen molar-refractivity contribution in [2.45, 2.75) is 38.1 Å². The van der Waals surface area contributed by atoms with Crippen LogP contribution < -0.4 is 10.6 Å². The fourth-order valence-electron chi connectivity index (χ4n) is 2.61. The highest BCUT2D eigenvalue weighted by molar-refractivity contribution is 9.10. The second kappa shape index (κ2) is 6.73. The Morgan fingerprint density at radius 3 is 2.72 bits per heavy atom. The van der Waals surface area contributed by atoms with E-state index in [9.17, 15) is 0 Å². The molecular formula is C13H19BrClN3. The van der Waals surface area contributed by atoms with E-state index in [-0.39, 0.29) is 0 Å². The molecular weight excluding hydrogens is 314 g/mol. The number of nitrogens with zero attached hydrogens (tertiary/aromatic N) is 2. The summed E-state index contributed by atoms with van der Waals surface area (Å²) in [5.74, 6) is 0.872. The molecule has 2 rings (SSSR count). The summed E-state index contributed by atoms with van der Waals surface area (Å²) in [5.41, 5.74) is 5.73. The van der Waals surface area contributed by atoms with Gasteiger partial charge in [-0.1, -0.05) is 30.9 Å². The second-order valence-corrected chi connectivity index (χ2v) is 6.06. The fourth-order valence-corrected chi connectivity index (χ4v) is 3.35. The summed E-state index contributed by atoms with van der Waals surface area (Å²) in [7, 11) is 0. The highest BCUT2D eigenvalue weighted by atomic mass is 79.9. The number of hydrogen-bond acceptors (Lipinski definition) is 3. The fraction of sp³-hybridized carbons (Fsp3) is 0.615. The first-order valence-electron chi connectivity index (χ1n) is 6.50. The van der Waals surface area contributed by atoms with E-state index in [2.05, 4.69) is 25.8 Å². The van der Waals surface area contributed by atoms with Gasteiger partial charge in [-0.05, 0) is 34.8 Å². The number of aromatic nitrogens is 1. The van der Waals surface area contributed by atoms with Crippen LogP contribution in [0.15, 0.2) is 16.7 Å². The molecule has 0 aromatic carbocycles. The Balaban J connectivity index is 2.22. The van der Waals surface area contributed by atoms with Crippen molar-refractivity contribution < 1.29 is 0 Å². The number of hydrogen-bond donors (Lipinski definition) is 1. The van der Waals surface area contributed by atoms with Crippen LogP contribution in [0.3, 0.4) is 0 Å². The zero-order chi connectivity index (χ0) is 13.0. The first-order chi connectivity index (χ1) is 8.72. The molecule has 0 saturated heterocycles. The van der Waals surface area contributed by atoms with Crippen LogP contribution >= 0.6 is 27.5 Å². The first kappa shape index (κ1) is 14.1. The normalized spacial score (nSPS) is 16.8. The summed E-state index contributed by atoms with van der Waals surface area (Å²) in [6.45, 7) is 1.45. The average molecular weight is 333 g/mol. The Labute approximate surface area is 122 Å². The molecule has 0 bridgehead atoms. The SMILES string of the molecule is NCCN(c1ncc(Br)cc1Cl)C1CCCCC1. The summed E-state index contributed by atoms with van der Waals surface area (Å²) in [6.07, 6.45) is 8.16. The van der Waals surface area contributed by atoms with Crippen molar-refractivity contribution >= 4 is 33.3 Å². The van der Waals surface area contributed by atoms with E-state index in [1.165, 1.54) is 32.1 Å². The Hall–Kier alpha value is -0.320. The summed E-state index contributed by atoms with van der Waals surface area (Å²) >= 11 is 9.69. The topological polar surface area (TPSA) is 42.1 Å². The number of nitrogens with two attached hydrogens (primary N) is 1. The van der Waals surface area contributed by atoms with Crippen molar-refractivity contribution in [2.75, 3.05) is 18.0 Å². The minimum atomic E-state index is 0.536. The van der Waals surface area contributed by atoms with Crippen LogP contribution in [0.1, 0.15) is 32.1 Å². The predicted octanol–water partition coefficient (Wildman–Crippen LogP) is 3.60. The second-order valence-electron chi connectivity index (χ2n) is 4.73. The average Bonchev–Trinajstić information content (AvgIpc) is 2.38. The monoisotopic (exact) mass is 331 g/mol. The van der Waals surface area contributed by atoms with Gasteiger partial charge in [-0.3, -0.25) is 0 Å². The van der Waals surface area contributed by atoms with E-state index in [4.69, 9.17) is 17.3 Å². The Morgan fingerprint density at radius 1 is 1.39 bits per heavy atom. The maximum atomic E-state index is 6.30. The first-order valence-corrected chi connectivity index (χ1v) is 7.67. The quantitative estimate of drug-likeness (QED) is 0.916. The number of pyridine rings is 1. The van der Waals surface area contributed by atoms with Crippen LogP contribution in [0, 0.1) is 0 Å². The summed E-state index contributed by atoms with van der Waals surface area (Å²) in [6, 6.07) is 2.43. The maximum Gasteiger partial charge on any atom is 0.147 e. The van der Waals surface area contributed by atoms with E-state index in [1.807, 2.05) is 6.07 Å². The van der Waals surface area contributed by atoms with Crippen molar-refractivity contribution in [3.05, 3.63) is 21.8 Å². The van der Waals surface area contributed by atoms with Gasteiger partial charge in [0.2, 0.25) is 0 Å². The lowest BCUT2D eigenvalue weighted by atomic mass is 9.94. The largest absolute Gasteiger partial charge is 0.351 e. The van der Waals surface area contributed by atoms with Crippen LogP contribution in [-0.2, 0) is 0 Å². The van der Waals surface area contributed by atoms with E-state index in [1.54, 1.807) is 6.20 Å². The smallest absolute Gasteiger partial charge is 0.147 e. The standard InChI is InChI=1S/C13H19BrClN3/c14-10-8-12(15)13(17-9-10)18(7-6-16)11-4-2-1-3-5-11/h8-9,11H,1-7,16H2. The lowest BCUT2D eigenvalue weighted by Gasteiger charge is -2.35. The molecule has 0 radical (unpaired) electrons. The summed E-state index contributed by atoms with van der Waals surface area (Å²) in [5, 5.41) is 0.698. The van der Waals surface area contributed by atoms with Crippen LogP contribution in [-0.4, -0.2) is 24.1 Å². The minimum absolute atomic E-state index is 0.536. The van der Waals surface area contributed by atoms with Gasteiger partial charge in [0, 0.05) is 29.8 Å². The molecule has 0 aliphatic heterocycles. The van der Waals surface area contributed by atoms with E-state index < -0.39 is 0 Å². The van der Waals surface area contributed by atoms with Crippen molar-refractivity contribution in [3.63, 3.8) is 0 Å². The third-order valence-corrected chi connectivity index (χ3v) is 4.16. The number of halogens is 2. The Kier molecular flexibility index (Phi) is 5.27. The lowest BCUT2D eigenvalue weighted by Crippen LogP contribution is -2.40. The minimum Gasteiger partial charge on any atom is -0.351 e. The summed E-state index contributed by atoms with van der Waals surface area (Å²) < 4.78 is 0.910. The molecule has 100 valence electrons. The molecule has 2 N–H and O–H groups in total. The van der Waals surface area contributed by atoms with Crippen LogP contribution in [0.5, 0.6) is 0 Å². The molecule has 0 unspecified atom stereocenters. The third-order valence-electron chi connectivity index (χ3n) is 3.45. The van der Waals surface area contributed by atoms with Gasteiger partial charge in [0.15, 0.2) is 0 Å². The van der Waals surface area contributed by atoms with Crippen molar-refractivity contribution in [3.8, 4) is 0 Å². The van der Waals surface area contributed by atoms with E-state index in [0.717, 1.165) is 16.8 Å². The lowest BCUT2D eigenvalue weighted by molar-refractivity contribution is 0.414. The molecule has 1 fully saturated rings. The number of anilines is 1. The number of rotatable bonds is 4. The van der Waals surface area contributed by atoms with Gasteiger partial charge in [-0.25, -0.2) is 4.98 Å². The van der Waals surface area contributed by atoms with Gasteiger partial charge in [0.05, 0.1) is 5.02 Å². The van der Waals surface area contributed by atoms with Gasteiger partial charge in [0.1, 0.15) is 5.82 Å². The van der Waals surface area contributed by atoms with Crippen LogP contribution in [0.25, 0.3) is 0 Å². The predicted molar refractivity (Wildman–Crippen MR) is 80.2 cm³/mol. The highest BCUT2D eigenvalue weighted by Gasteiger charge is 2.23. The molecule has 0 amide bonds. The van der Waals surface area contributed by atoms with Gasteiger partial charge >= 0.3 is 0 Å². The molecule has 18 heavy (non-hydrogen) atoms. The van der Waals surface area contributed by atoms with Gasteiger partial charge in [-0.2, -0.15) is 0 Å². The van der Waals surface area contributed by atoms with Crippen LogP contribution in [0.4, 0.5) is 5.82 Å². The van der Waals surface area contributed by atoms with Gasteiger partial charge < -0.3 is 10.6 Å². The molecule has 1 aromatic rings. The van der Waals surface area contributed by atoms with Crippen LogP contribution in [0.2, 0.25) is 5.02 Å². The molecule has 0 atom stereocenters. The molecule has 1 heterocycles. The molecule has 5 heteroatoms. The molecule has 3 nitrogen and oxygen atoms in total. The Bertz CT molecular complexity index is 394. The molecule has 1 aliphatic rings. The Morgan fingerprint density at radius 2 is 2.11 bits per heavy atom. The van der Waals surface area contributed by atoms with Gasteiger partial charge in [-0.15, -0.1) is 0 Å². The third kappa shape index (κ3) is 3.37. The van der Waals surface area contributed by atoms with Gasteiger partial charge in [0.25, 0.3) is 0 Å². The van der Waals surface area contributed by atoms with Crippen molar-refractivity contribution in [1.29, 1.82) is 0 Å². The summed E-state index contributed by atoms with van der Waals surface area (Å²) in [4.78, 5) is 6.75. The van der Waals surface area contributed by atoms with Crippen molar-refractivity contribution in [2.24, 2.45) is 5.73 Å². The zero-order valence-electron chi connectivity index (χ0n) is 10.4. The molecule has 1 aromatic heterocycles. The van der Waals surface area contributed by atoms with E-state index in [0.29, 0.717) is 17.6 Å². The molecule has 0 spiro atoms. The molecule has 1 aliphatic carbocycles. The highest BCUT2D eigenvalue weighted by Crippen LogP contribution is 2.31. The zero-order valence-corrected chi connectivity index (χ0v) is 12.8. The van der Waals surface area contributed by atoms with Crippen molar-refractivity contribution in [1.82, 2.24) is 4.98 Å². The maximum absolute atomic E-state index is 6.30. The van der Waals surface area contributed by atoms with E-state index >= 15 is 0 Å². The molecule has 1 saturated carbocycles.